The lowest BCUT2D eigenvalue weighted by Gasteiger charge is -2.23. The highest BCUT2D eigenvalue weighted by Gasteiger charge is 2.32. The van der Waals surface area contributed by atoms with Crippen LogP contribution in [0.1, 0.15) is 47.5 Å². The summed E-state index contributed by atoms with van der Waals surface area (Å²) in [7, 11) is 0. The van der Waals surface area contributed by atoms with E-state index >= 15 is 0 Å². The first-order chi connectivity index (χ1) is 13.0. The summed E-state index contributed by atoms with van der Waals surface area (Å²) in [6, 6.07) is 12.7. The van der Waals surface area contributed by atoms with Crippen molar-refractivity contribution in [2.24, 2.45) is 0 Å². The molecule has 27 heavy (non-hydrogen) atoms. The Morgan fingerprint density at radius 3 is 2.63 bits per heavy atom. The lowest BCUT2D eigenvalue weighted by atomic mass is 10.1. The van der Waals surface area contributed by atoms with Gasteiger partial charge in [0, 0.05) is 36.5 Å². The van der Waals surface area contributed by atoms with Crippen LogP contribution in [0.15, 0.2) is 36.4 Å². The van der Waals surface area contributed by atoms with Crippen molar-refractivity contribution in [3.8, 4) is 0 Å². The molecule has 1 saturated carbocycles. The van der Waals surface area contributed by atoms with E-state index in [1.807, 2.05) is 42.6 Å². The minimum atomic E-state index is 0.233. The van der Waals surface area contributed by atoms with Gasteiger partial charge in [-0.05, 0) is 51.2 Å². The van der Waals surface area contributed by atoms with Crippen LogP contribution in [0.3, 0.4) is 0 Å². The Kier molecular flexibility index (Phi) is 4.68. The van der Waals surface area contributed by atoms with Crippen LogP contribution in [0, 0.1) is 20.8 Å². The van der Waals surface area contributed by atoms with E-state index in [1.54, 1.807) is 0 Å². The monoisotopic (exact) mass is 362 g/mol. The molecule has 0 bridgehead atoms. The molecular formula is C22H26N4O. The number of hydrogen-bond acceptors (Lipinski definition) is 3. The maximum absolute atomic E-state index is 13.0. The number of benzene rings is 1. The quantitative estimate of drug-likeness (QED) is 0.670. The first-order valence-electron chi connectivity index (χ1n) is 9.69. The van der Waals surface area contributed by atoms with Gasteiger partial charge in [0.2, 0.25) is 5.91 Å². The molecule has 1 fully saturated rings. The second-order valence-electron chi connectivity index (χ2n) is 7.56. The van der Waals surface area contributed by atoms with Crippen molar-refractivity contribution < 1.29 is 4.79 Å². The van der Waals surface area contributed by atoms with E-state index in [0.717, 1.165) is 41.1 Å². The molecule has 1 aliphatic rings. The summed E-state index contributed by atoms with van der Waals surface area (Å²) in [4.78, 5) is 19.7. The highest BCUT2D eigenvalue weighted by atomic mass is 16.2. The van der Waals surface area contributed by atoms with Crippen molar-refractivity contribution in [2.75, 3.05) is 0 Å². The van der Waals surface area contributed by atoms with Crippen LogP contribution in [0.25, 0.3) is 5.65 Å². The van der Waals surface area contributed by atoms with Gasteiger partial charge in [0.05, 0.1) is 5.69 Å². The fraction of sp³-hybridized carbons (Fsp3) is 0.409. The Labute approximate surface area is 160 Å². The average molecular weight is 362 g/mol. The van der Waals surface area contributed by atoms with Crippen LogP contribution in [-0.2, 0) is 17.8 Å². The largest absolute Gasteiger partial charge is 0.335 e. The second-order valence-corrected chi connectivity index (χ2v) is 7.56. The first-order valence-corrected chi connectivity index (χ1v) is 9.69. The Hall–Kier alpha value is -2.69. The molecule has 0 spiro atoms. The molecule has 2 aromatic heterocycles. The predicted molar refractivity (Wildman–Crippen MR) is 106 cm³/mol. The highest BCUT2D eigenvalue weighted by molar-refractivity contribution is 5.77. The topological polar surface area (TPSA) is 50.5 Å². The van der Waals surface area contributed by atoms with Gasteiger partial charge < -0.3 is 4.90 Å². The maximum atomic E-state index is 13.0. The zero-order chi connectivity index (χ0) is 19.0. The predicted octanol–water partition coefficient (Wildman–Crippen LogP) is 3.78. The zero-order valence-electron chi connectivity index (χ0n) is 16.3. The van der Waals surface area contributed by atoms with Gasteiger partial charge in [-0.3, -0.25) is 4.79 Å². The minimum absolute atomic E-state index is 0.233. The van der Waals surface area contributed by atoms with Gasteiger partial charge in [-0.1, -0.05) is 30.3 Å². The molecule has 0 unspecified atom stereocenters. The summed E-state index contributed by atoms with van der Waals surface area (Å²) in [6.07, 6.45) is 3.46. The second kappa shape index (κ2) is 7.14. The number of carbonyl (C=O) groups excluding carboxylic acids is 1. The number of nitrogens with zero attached hydrogens (tertiary/aromatic N) is 4. The van der Waals surface area contributed by atoms with Crippen LogP contribution < -0.4 is 0 Å². The van der Waals surface area contributed by atoms with E-state index < -0.39 is 0 Å². The number of amides is 1. The van der Waals surface area contributed by atoms with E-state index in [1.165, 1.54) is 5.56 Å². The van der Waals surface area contributed by atoms with Crippen molar-refractivity contribution in [3.05, 3.63) is 64.6 Å². The van der Waals surface area contributed by atoms with Crippen molar-refractivity contribution >= 4 is 11.6 Å². The lowest BCUT2D eigenvalue weighted by Crippen LogP contribution is -2.32. The van der Waals surface area contributed by atoms with Crippen molar-refractivity contribution in [1.29, 1.82) is 0 Å². The summed E-state index contributed by atoms with van der Waals surface area (Å²) in [5.41, 5.74) is 6.24. The van der Waals surface area contributed by atoms with Crippen LogP contribution >= 0.6 is 0 Å². The smallest absolute Gasteiger partial charge is 0.223 e. The summed E-state index contributed by atoms with van der Waals surface area (Å²) >= 11 is 0. The van der Waals surface area contributed by atoms with E-state index in [0.29, 0.717) is 25.4 Å². The SMILES string of the molecule is Cc1cc2nc(C)c(CCC(=O)N(Cc3ccccc3)C3CC3)c(C)n2n1. The number of rotatable bonds is 6. The van der Waals surface area contributed by atoms with Gasteiger partial charge in [-0.2, -0.15) is 5.10 Å². The third-order valence-electron chi connectivity index (χ3n) is 5.38. The molecule has 5 nitrogen and oxygen atoms in total. The van der Waals surface area contributed by atoms with Crippen LogP contribution in [0.4, 0.5) is 0 Å². The molecule has 1 amide bonds. The Morgan fingerprint density at radius 1 is 1.19 bits per heavy atom. The molecule has 0 radical (unpaired) electrons. The number of aromatic nitrogens is 3. The molecule has 0 N–H and O–H groups in total. The maximum Gasteiger partial charge on any atom is 0.223 e. The highest BCUT2D eigenvalue weighted by Crippen LogP contribution is 2.29. The van der Waals surface area contributed by atoms with E-state index in [2.05, 4.69) is 34.0 Å². The third-order valence-corrected chi connectivity index (χ3v) is 5.38. The summed E-state index contributed by atoms with van der Waals surface area (Å²) in [5, 5.41) is 4.53. The summed E-state index contributed by atoms with van der Waals surface area (Å²) in [6.45, 7) is 6.77. The van der Waals surface area contributed by atoms with Crippen molar-refractivity contribution in [2.45, 2.75) is 59.0 Å². The van der Waals surface area contributed by atoms with Gasteiger partial charge >= 0.3 is 0 Å². The van der Waals surface area contributed by atoms with Crippen LogP contribution in [0.2, 0.25) is 0 Å². The van der Waals surface area contributed by atoms with E-state index in [4.69, 9.17) is 0 Å². The first kappa shape index (κ1) is 17.7. The van der Waals surface area contributed by atoms with Gasteiger partial charge in [0.15, 0.2) is 5.65 Å². The average Bonchev–Trinajstić information content (AvgIpc) is 3.42. The molecule has 1 aromatic carbocycles. The molecule has 2 heterocycles. The minimum Gasteiger partial charge on any atom is -0.335 e. The Balaban J connectivity index is 1.50. The number of hydrogen-bond donors (Lipinski definition) is 0. The van der Waals surface area contributed by atoms with Gasteiger partial charge in [-0.25, -0.2) is 9.50 Å². The summed E-state index contributed by atoms with van der Waals surface area (Å²) in [5.74, 6) is 0.233. The lowest BCUT2D eigenvalue weighted by molar-refractivity contribution is -0.132. The number of fused-ring (bicyclic) bond motifs is 1. The Bertz CT molecular complexity index is 973. The molecule has 5 heteroatoms. The fourth-order valence-corrected chi connectivity index (χ4v) is 3.77. The molecule has 0 saturated heterocycles. The number of aryl methyl sites for hydroxylation is 3. The normalized spacial score (nSPS) is 13.9. The van der Waals surface area contributed by atoms with Crippen molar-refractivity contribution in [1.82, 2.24) is 19.5 Å². The molecular weight excluding hydrogens is 336 g/mol. The van der Waals surface area contributed by atoms with E-state index in [9.17, 15) is 4.79 Å². The molecule has 0 atom stereocenters. The molecule has 3 aromatic rings. The molecule has 4 rings (SSSR count). The third kappa shape index (κ3) is 3.72. The molecule has 140 valence electrons. The molecule has 0 aliphatic heterocycles. The van der Waals surface area contributed by atoms with Crippen molar-refractivity contribution in [3.63, 3.8) is 0 Å². The fourth-order valence-electron chi connectivity index (χ4n) is 3.77. The van der Waals surface area contributed by atoms with E-state index in [-0.39, 0.29) is 5.91 Å². The Morgan fingerprint density at radius 2 is 1.93 bits per heavy atom. The molecule has 1 aliphatic carbocycles. The zero-order valence-corrected chi connectivity index (χ0v) is 16.3. The van der Waals surface area contributed by atoms with Crippen LogP contribution in [0.5, 0.6) is 0 Å². The van der Waals surface area contributed by atoms with Gasteiger partial charge in [0.25, 0.3) is 0 Å². The van der Waals surface area contributed by atoms with Gasteiger partial charge in [0.1, 0.15) is 0 Å². The standard InChI is InChI=1S/C22H26N4O/c1-15-13-21-23-16(2)20(17(3)26(21)24-15)11-12-22(27)25(19-9-10-19)14-18-7-5-4-6-8-18/h4-8,13,19H,9-12,14H2,1-3H3. The number of carbonyl (C=O) groups is 1. The summed E-state index contributed by atoms with van der Waals surface area (Å²) < 4.78 is 1.89. The van der Waals surface area contributed by atoms with Crippen LogP contribution in [-0.4, -0.2) is 31.4 Å². The van der Waals surface area contributed by atoms with Gasteiger partial charge in [-0.15, -0.1) is 0 Å².